The number of nitrogens with zero attached hydrogens (tertiary/aromatic N) is 1. The van der Waals surface area contributed by atoms with Crippen LogP contribution < -0.4 is 11.1 Å². The van der Waals surface area contributed by atoms with Crippen LogP contribution in [-0.2, 0) is 6.54 Å². The van der Waals surface area contributed by atoms with E-state index in [1.54, 1.807) is 6.20 Å². The molecule has 0 aromatic carbocycles. The lowest BCUT2D eigenvalue weighted by atomic mass is 10.2. The van der Waals surface area contributed by atoms with Crippen molar-refractivity contribution < 1.29 is 4.42 Å². The van der Waals surface area contributed by atoms with Crippen LogP contribution in [0.2, 0.25) is 0 Å². The van der Waals surface area contributed by atoms with Crippen molar-refractivity contribution in [1.29, 1.82) is 0 Å². The molecule has 0 aliphatic carbocycles. The fraction of sp³-hybridized carbons (Fsp3) is 0.625. The van der Waals surface area contributed by atoms with Gasteiger partial charge in [0.05, 0.1) is 12.7 Å². The summed E-state index contributed by atoms with van der Waals surface area (Å²) in [6.45, 7) is 0.732. The Kier molecular flexibility index (Phi) is 2.75. The van der Waals surface area contributed by atoms with Gasteiger partial charge >= 0.3 is 0 Å². The highest BCUT2D eigenvalue weighted by Crippen LogP contribution is 2.17. The maximum Gasteiger partial charge on any atom is 0.292 e. The molecule has 1 aromatic heterocycles. The van der Waals surface area contributed by atoms with Gasteiger partial charge in [-0.05, 0) is 12.2 Å². The summed E-state index contributed by atoms with van der Waals surface area (Å²) in [4.78, 5) is 3.83. The number of anilines is 1. The van der Waals surface area contributed by atoms with E-state index in [0.29, 0.717) is 6.04 Å². The summed E-state index contributed by atoms with van der Waals surface area (Å²) in [5.74, 6) is 3.27. The second-order valence-corrected chi connectivity index (χ2v) is 4.26. The topological polar surface area (TPSA) is 64.1 Å². The van der Waals surface area contributed by atoms with Crippen LogP contribution in [0.3, 0.4) is 0 Å². The highest BCUT2D eigenvalue weighted by atomic mass is 32.2. The van der Waals surface area contributed by atoms with Crippen LogP contribution in [0, 0.1) is 0 Å². The Hall–Kier alpha value is -0.680. The first-order valence-corrected chi connectivity index (χ1v) is 5.51. The molecule has 0 radical (unpaired) electrons. The Labute approximate surface area is 81.3 Å². The van der Waals surface area contributed by atoms with E-state index in [1.165, 1.54) is 17.9 Å². The number of oxazole rings is 1. The Balaban J connectivity index is 1.78. The summed E-state index contributed by atoms with van der Waals surface area (Å²) in [5, 5.41) is 3.40. The van der Waals surface area contributed by atoms with Gasteiger partial charge in [0.25, 0.3) is 6.01 Å². The Bertz CT molecular complexity index is 270. The third-order valence-electron chi connectivity index (χ3n) is 2.07. The molecule has 1 unspecified atom stereocenters. The molecule has 2 rings (SSSR count). The average molecular weight is 199 g/mol. The third kappa shape index (κ3) is 2.38. The zero-order valence-corrected chi connectivity index (χ0v) is 8.14. The number of nitrogens with one attached hydrogen (secondary N) is 1. The van der Waals surface area contributed by atoms with Crippen molar-refractivity contribution in [1.82, 2.24) is 10.3 Å². The first kappa shape index (κ1) is 8.90. The molecular weight excluding hydrogens is 186 g/mol. The average Bonchev–Trinajstić information content (AvgIpc) is 2.71. The monoisotopic (exact) mass is 199 g/mol. The zero-order chi connectivity index (χ0) is 9.10. The van der Waals surface area contributed by atoms with Gasteiger partial charge in [-0.1, -0.05) is 0 Å². The van der Waals surface area contributed by atoms with Gasteiger partial charge in [-0.2, -0.15) is 11.8 Å². The van der Waals surface area contributed by atoms with Crippen LogP contribution >= 0.6 is 11.8 Å². The van der Waals surface area contributed by atoms with Gasteiger partial charge in [0.1, 0.15) is 5.76 Å². The summed E-state index contributed by atoms with van der Waals surface area (Å²) in [7, 11) is 0. The van der Waals surface area contributed by atoms with E-state index in [-0.39, 0.29) is 6.01 Å². The maximum atomic E-state index is 5.35. The zero-order valence-electron chi connectivity index (χ0n) is 7.32. The number of hydrogen-bond donors (Lipinski definition) is 2. The first-order valence-electron chi connectivity index (χ1n) is 4.36. The van der Waals surface area contributed by atoms with Crippen molar-refractivity contribution in [3.8, 4) is 0 Å². The molecule has 0 bridgehead atoms. The van der Waals surface area contributed by atoms with Gasteiger partial charge in [-0.25, -0.2) is 4.98 Å². The normalized spacial score (nSPS) is 22.3. The van der Waals surface area contributed by atoms with Crippen molar-refractivity contribution >= 4 is 17.8 Å². The molecular formula is C8H13N3OS. The van der Waals surface area contributed by atoms with Gasteiger partial charge in [-0.3, -0.25) is 0 Å². The molecule has 1 fully saturated rings. The van der Waals surface area contributed by atoms with E-state index >= 15 is 0 Å². The van der Waals surface area contributed by atoms with Crippen LogP contribution in [0.25, 0.3) is 0 Å². The Morgan fingerprint density at radius 2 is 2.69 bits per heavy atom. The molecule has 2 heterocycles. The highest BCUT2D eigenvalue weighted by molar-refractivity contribution is 7.99. The maximum absolute atomic E-state index is 5.35. The van der Waals surface area contributed by atoms with Gasteiger partial charge in [0, 0.05) is 11.8 Å². The van der Waals surface area contributed by atoms with Gasteiger partial charge in [-0.15, -0.1) is 0 Å². The third-order valence-corrected chi connectivity index (χ3v) is 3.23. The summed E-state index contributed by atoms with van der Waals surface area (Å²) in [5.41, 5.74) is 5.35. The SMILES string of the molecule is Nc1ncc(CNC2CCSC2)o1. The molecule has 0 spiro atoms. The summed E-state index contributed by atoms with van der Waals surface area (Å²) in [6.07, 6.45) is 2.92. The molecule has 5 heteroatoms. The lowest BCUT2D eigenvalue weighted by Gasteiger charge is -2.08. The fourth-order valence-corrected chi connectivity index (χ4v) is 2.53. The van der Waals surface area contributed by atoms with E-state index in [4.69, 9.17) is 10.2 Å². The second-order valence-electron chi connectivity index (χ2n) is 3.11. The first-order chi connectivity index (χ1) is 6.34. The number of thioether (sulfide) groups is 1. The fourth-order valence-electron chi connectivity index (χ4n) is 1.34. The molecule has 13 heavy (non-hydrogen) atoms. The van der Waals surface area contributed by atoms with Crippen LogP contribution in [0.1, 0.15) is 12.2 Å². The molecule has 4 nitrogen and oxygen atoms in total. The van der Waals surface area contributed by atoms with E-state index in [9.17, 15) is 0 Å². The van der Waals surface area contributed by atoms with Crippen LogP contribution in [-0.4, -0.2) is 22.5 Å². The summed E-state index contributed by atoms with van der Waals surface area (Å²) in [6, 6.07) is 0.869. The smallest absolute Gasteiger partial charge is 0.292 e. The molecule has 3 N–H and O–H groups in total. The minimum atomic E-state index is 0.248. The van der Waals surface area contributed by atoms with Gasteiger partial charge in [0.2, 0.25) is 0 Å². The lowest BCUT2D eigenvalue weighted by molar-refractivity contribution is 0.466. The van der Waals surface area contributed by atoms with Gasteiger partial charge < -0.3 is 15.5 Å². The standard InChI is InChI=1S/C8H13N3OS/c9-8-11-4-7(12-8)3-10-6-1-2-13-5-6/h4,6,10H,1-3,5H2,(H2,9,11). The van der Waals surface area contributed by atoms with Gasteiger partial charge in [0.15, 0.2) is 0 Å². The molecule has 1 atom stereocenters. The summed E-state index contributed by atoms with van der Waals surface area (Å²) < 4.78 is 5.14. The molecule has 1 aromatic rings. The number of aromatic nitrogens is 1. The molecule has 0 amide bonds. The lowest BCUT2D eigenvalue weighted by Crippen LogP contribution is -2.27. The predicted molar refractivity (Wildman–Crippen MR) is 53.5 cm³/mol. The Morgan fingerprint density at radius 1 is 1.77 bits per heavy atom. The second kappa shape index (κ2) is 4.02. The number of nitrogens with two attached hydrogens (primary N) is 1. The predicted octanol–water partition coefficient (Wildman–Crippen LogP) is 0.852. The van der Waals surface area contributed by atoms with E-state index in [1.807, 2.05) is 11.8 Å². The number of hydrogen-bond acceptors (Lipinski definition) is 5. The number of rotatable bonds is 3. The summed E-state index contributed by atoms with van der Waals surface area (Å²) >= 11 is 1.99. The van der Waals surface area contributed by atoms with Crippen molar-refractivity contribution in [2.45, 2.75) is 19.0 Å². The quantitative estimate of drug-likeness (QED) is 0.755. The minimum absolute atomic E-state index is 0.248. The van der Waals surface area contributed by atoms with Crippen LogP contribution in [0.4, 0.5) is 6.01 Å². The van der Waals surface area contributed by atoms with Crippen LogP contribution in [0.15, 0.2) is 10.6 Å². The van der Waals surface area contributed by atoms with E-state index < -0.39 is 0 Å². The number of nitrogen functional groups attached to an aromatic ring is 1. The Morgan fingerprint density at radius 3 is 3.31 bits per heavy atom. The largest absolute Gasteiger partial charge is 0.428 e. The van der Waals surface area contributed by atoms with Crippen LogP contribution in [0.5, 0.6) is 0 Å². The van der Waals surface area contributed by atoms with E-state index in [0.717, 1.165) is 12.3 Å². The molecule has 1 aliphatic rings. The van der Waals surface area contributed by atoms with Crippen molar-refractivity contribution in [3.05, 3.63) is 12.0 Å². The molecule has 0 saturated carbocycles. The molecule has 72 valence electrons. The van der Waals surface area contributed by atoms with Crippen molar-refractivity contribution in [3.63, 3.8) is 0 Å². The highest BCUT2D eigenvalue weighted by Gasteiger charge is 2.14. The minimum Gasteiger partial charge on any atom is -0.428 e. The van der Waals surface area contributed by atoms with Crippen molar-refractivity contribution in [2.75, 3.05) is 17.2 Å². The molecule has 1 aliphatic heterocycles. The molecule has 1 saturated heterocycles. The van der Waals surface area contributed by atoms with E-state index in [2.05, 4.69) is 10.3 Å². The van der Waals surface area contributed by atoms with Crippen molar-refractivity contribution in [2.24, 2.45) is 0 Å².